The van der Waals surface area contributed by atoms with Crippen LogP contribution in [0.1, 0.15) is 6.42 Å². The van der Waals surface area contributed by atoms with Gasteiger partial charge in [-0.2, -0.15) is 0 Å². The summed E-state index contributed by atoms with van der Waals surface area (Å²) in [7, 11) is 1.20. The number of rotatable bonds is 1. The van der Waals surface area contributed by atoms with Gasteiger partial charge < -0.3 is 9.47 Å². The highest BCUT2D eigenvalue weighted by Crippen LogP contribution is 2.37. The summed E-state index contributed by atoms with van der Waals surface area (Å²) in [5, 5.41) is 0. The maximum Gasteiger partial charge on any atom is 0.320 e. The summed E-state index contributed by atoms with van der Waals surface area (Å²) >= 11 is 0. The minimum atomic E-state index is -1.85. The molecule has 1 saturated carbocycles. The van der Waals surface area contributed by atoms with Crippen LogP contribution in [0.2, 0.25) is 0 Å². The van der Waals surface area contributed by atoms with Crippen molar-refractivity contribution in [3.8, 4) is 0 Å². The number of halogens is 1. The van der Waals surface area contributed by atoms with E-state index in [1.165, 1.54) is 7.11 Å². The van der Waals surface area contributed by atoms with Crippen LogP contribution in [0.5, 0.6) is 0 Å². The SMILES string of the molecule is CO[C@H]1[C@@H]2C(=O)OC(=O)[C@H]2CC(=O)[C@H]1F. The summed E-state index contributed by atoms with van der Waals surface area (Å²) < 4.78 is 22.5. The molecular weight excluding hydrogens is 207 g/mol. The molecule has 1 saturated heterocycles. The van der Waals surface area contributed by atoms with Crippen molar-refractivity contribution >= 4 is 17.7 Å². The molecule has 4 atom stereocenters. The van der Waals surface area contributed by atoms with Gasteiger partial charge in [-0.15, -0.1) is 0 Å². The average Bonchev–Trinajstić information content (AvgIpc) is 2.45. The largest absolute Gasteiger partial charge is 0.393 e. The van der Waals surface area contributed by atoms with Crippen LogP contribution in [0, 0.1) is 11.8 Å². The predicted molar refractivity (Wildman–Crippen MR) is 43.4 cm³/mol. The molecule has 0 unspecified atom stereocenters. The minimum Gasteiger partial charge on any atom is -0.393 e. The Morgan fingerprint density at radius 3 is 2.60 bits per heavy atom. The lowest BCUT2D eigenvalue weighted by Crippen LogP contribution is -2.48. The van der Waals surface area contributed by atoms with Crippen LogP contribution < -0.4 is 0 Å². The lowest BCUT2D eigenvalue weighted by molar-refractivity contribution is -0.155. The van der Waals surface area contributed by atoms with Gasteiger partial charge in [-0.05, 0) is 0 Å². The number of ether oxygens (including phenoxy) is 2. The van der Waals surface area contributed by atoms with E-state index in [9.17, 15) is 18.8 Å². The van der Waals surface area contributed by atoms with Crippen molar-refractivity contribution in [1.29, 1.82) is 0 Å². The van der Waals surface area contributed by atoms with Gasteiger partial charge in [0.1, 0.15) is 12.0 Å². The molecule has 1 aliphatic carbocycles. The van der Waals surface area contributed by atoms with Crippen LogP contribution in [0.25, 0.3) is 0 Å². The number of hydrogen-bond donors (Lipinski definition) is 0. The van der Waals surface area contributed by atoms with Crippen LogP contribution in [0.3, 0.4) is 0 Å². The monoisotopic (exact) mass is 216 g/mol. The molecule has 1 aliphatic heterocycles. The lowest BCUT2D eigenvalue weighted by atomic mass is 9.77. The third-order valence-corrected chi connectivity index (χ3v) is 2.85. The van der Waals surface area contributed by atoms with Crippen LogP contribution in [0.15, 0.2) is 0 Å². The molecule has 15 heavy (non-hydrogen) atoms. The van der Waals surface area contributed by atoms with E-state index in [4.69, 9.17) is 4.74 Å². The zero-order chi connectivity index (χ0) is 11.2. The summed E-state index contributed by atoms with van der Waals surface area (Å²) in [4.78, 5) is 33.6. The molecule has 2 fully saturated rings. The number of cyclic esters (lactones) is 2. The number of fused-ring (bicyclic) bond motifs is 1. The van der Waals surface area contributed by atoms with E-state index in [1.807, 2.05) is 0 Å². The van der Waals surface area contributed by atoms with Gasteiger partial charge in [-0.1, -0.05) is 0 Å². The Kier molecular flexibility index (Phi) is 2.30. The second-order valence-corrected chi connectivity index (χ2v) is 3.64. The molecule has 0 N–H and O–H groups in total. The van der Waals surface area contributed by atoms with Crippen molar-refractivity contribution in [1.82, 2.24) is 0 Å². The maximum absolute atomic E-state index is 13.4. The molecule has 2 aliphatic rings. The second-order valence-electron chi connectivity index (χ2n) is 3.64. The third-order valence-electron chi connectivity index (χ3n) is 2.85. The Balaban J connectivity index is 2.33. The van der Waals surface area contributed by atoms with Crippen molar-refractivity contribution in [3.63, 3.8) is 0 Å². The highest BCUT2D eigenvalue weighted by Gasteiger charge is 2.56. The molecule has 82 valence electrons. The van der Waals surface area contributed by atoms with Crippen LogP contribution in [0.4, 0.5) is 4.39 Å². The standard InChI is InChI=1S/C9H9FO5/c1-14-7-5-3(2-4(11)6(7)10)8(12)15-9(5)13/h3,5-7H,2H2,1H3/t3-,5+,6+,7-/m0/s1. The second kappa shape index (κ2) is 3.37. The lowest BCUT2D eigenvalue weighted by Gasteiger charge is -2.29. The van der Waals surface area contributed by atoms with Crippen LogP contribution in [-0.2, 0) is 23.9 Å². The molecule has 2 rings (SSSR count). The fourth-order valence-corrected chi connectivity index (χ4v) is 2.09. The Hall–Kier alpha value is -1.30. The van der Waals surface area contributed by atoms with E-state index in [0.717, 1.165) is 0 Å². The zero-order valence-corrected chi connectivity index (χ0v) is 7.94. The average molecular weight is 216 g/mol. The number of alkyl halides is 1. The smallest absolute Gasteiger partial charge is 0.320 e. The predicted octanol–water partition coefficient (Wildman–Crippen LogP) is -0.372. The Morgan fingerprint density at radius 1 is 1.33 bits per heavy atom. The Labute approximate surface area is 84.5 Å². The molecule has 0 spiro atoms. The fourth-order valence-electron chi connectivity index (χ4n) is 2.09. The molecule has 6 heteroatoms. The van der Waals surface area contributed by atoms with Crippen LogP contribution in [-0.4, -0.2) is 37.1 Å². The molecule has 0 radical (unpaired) electrons. The van der Waals surface area contributed by atoms with Crippen molar-refractivity contribution in [2.75, 3.05) is 7.11 Å². The number of carbonyl (C=O) groups is 3. The van der Waals surface area contributed by atoms with Gasteiger partial charge in [0, 0.05) is 13.5 Å². The quantitative estimate of drug-likeness (QED) is 0.441. The van der Waals surface area contributed by atoms with Gasteiger partial charge in [0.05, 0.1) is 5.92 Å². The number of Topliss-reactive ketones (excluding diaryl/α,β-unsaturated/α-hetero) is 1. The van der Waals surface area contributed by atoms with E-state index in [-0.39, 0.29) is 6.42 Å². The summed E-state index contributed by atoms with van der Waals surface area (Å²) in [5.74, 6) is -4.12. The Morgan fingerprint density at radius 2 is 2.00 bits per heavy atom. The Bertz CT molecular complexity index is 339. The van der Waals surface area contributed by atoms with Gasteiger partial charge in [0.2, 0.25) is 0 Å². The van der Waals surface area contributed by atoms with Crippen molar-refractivity contribution < 1.29 is 28.2 Å². The molecule has 5 nitrogen and oxygen atoms in total. The molecule has 0 amide bonds. The highest BCUT2D eigenvalue weighted by atomic mass is 19.1. The molecule has 1 heterocycles. The van der Waals surface area contributed by atoms with Gasteiger partial charge in [0.25, 0.3) is 0 Å². The highest BCUT2D eigenvalue weighted by molar-refractivity contribution is 6.02. The van der Waals surface area contributed by atoms with Gasteiger partial charge in [-0.25, -0.2) is 4.39 Å². The number of esters is 2. The van der Waals surface area contributed by atoms with E-state index in [0.29, 0.717) is 0 Å². The molecule has 0 aromatic rings. The first-order valence-electron chi connectivity index (χ1n) is 4.51. The topological polar surface area (TPSA) is 69.7 Å². The van der Waals surface area contributed by atoms with Crippen molar-refractivity contribution in [2.24, 2.45) is 11.8 Å². The molecule has 0 aromatic carbocycles. The summed E-state index contributed by atoms with van der Waals surface area (Å²) in [5.41, 5.74) is 0. The first-order valence-corrected chi connectivity index (χ1v) is 4.51. The van der Waals surface area contributed by atoms with Crippen LogP contribution >= 0.6 is 0 Å². The molecular formula is C9H9FO5. The number of ketones is 1. The van der Waals surface area contributed by atoms with E-state index in [1.54, 1.807) is 0 Å². The summed E-state index contributed by atoms with van der Waals surface area (Å²) in [6.07, 6.45) is -3.33. The van der Waals surface area contributed by atoms with E-state index in [2.05, 4.69) is 4.74 Å². The maximum atomic E-state index is 13.4. The third kappa shape index (κ3) is 1.36. The normalized spacial score (nSPS) is 40.3. The minimum absolute atomic E-state index is 0.281. The van der Waals surface area contributed by atoms with E-state index < -0.39 is 41.8 Å². The van der Waals surface area contributed by atoms with E-state index >= 15 is 0 Å². The van der Waals surface area contributed by atoms with Crippen molar-refractivity contribution in [3.05, 3.63) is 0 Å². The number of hydrogen-bond acceptors (Lipinski definition) is 5. The number of methoxy groups -OCH3 is 1. The van der Waals surface area contributed by atoms with Gasteiger partial charge in [-0.3, -0.25) is 14.4 Å². The molecule has 0 aromatic heterocycles. The van der Waals surface area contributed by atoms with Gasteiger partial charge in [0.15, 0.2) is 12.0 Å². The first kappa shape index (κ1) is 10.2. The summed E-state index contributed by atoms with van der Waals surface area (Å²) in [6.45, 7) is 0. The molecule has 0 bridgehead atoms. The zero-order valence-electron chi connectivity index (χ0n) is 7.94. The first-order chi connectivity index (χ1) is 7.06. The van der Waals surface area contributed by atoms with Gasteiger partial charge >= 0.3 is 11.9 Å². The number of carbonyl (C=O) groups excluding carboxylic acids is 3. The van der Waals surface area contributed by atoms with Crippen molar-refractivity contribution in [2.45, 2.75) is 18.7 Å². The fraction of sp³-hybridized carbons (Fsp3) is 0.667. The summed E-state index contributed by atoms with van der Waals surface area (Å²) in [6, 6.07) is 0.